The zero-order chi connectivity index (χ0) is 17.6. The molecule has 2 aromatic carbocycles. The van der Waals surface area contributed by atoms with E-state index in [1.165, 1.54) is 5.56 Å². The van der Waals surface area contributed by atoms with Crippen molar-refractivity contribution in [3.8, 4) is 5.75 Å². The van der Waals surface area contributed by atoms with E-state index in [9.17, 15) is 4.79 Å². The molecule has 0 N–H and O–H groups in total. The van der Waals surface area contributed by atoms with E-state index in [1.54, 1.807) is 16.7 Å². The molecule has 0 saturated heterocycles. The van der Waals surface area contributed by atoms with Gasteiger partial charge in [-0.15, -0.1) is 0 Å². The Labute approximate surface area is 160 Å². The van der Waals surface area contributed by atoms with Gasteiger partial charge < -0.3 is 4.74 Å². The number of ether oxygens (including phenoxy) is 1. The number of amides is 1. The van der Waals surface area contributed by atoms with Crippen LogP contribution in [0.15, 0.2) is 58.0 Å². The lowest BCUT2D eigenvalue weighted by molar-refractivity contribution is 0.0856. The van der Waals surface area contributed by atoms with Gasteiger partial charge in [0.05, 0.1) is 18.7 Å². The van der Waals surface area contributed by atoms with Gasteiger partial charge in [-0.2, -0.15) is 0 Å². The van der Waals surface area contributed by atoms with Crippen LogP contribution in [0, 0.1) is 0 Å². The highest BCUT2D eigenvalue weighted by molar-refractivity contribution is 9.10. The number of nitrogens with zero attached hydrogens (tertiary/aromatic N) is 2. The van der Waals surface area contributed by atoms with Crippen LogP contribution in [0.1, 0.15) is 22.8 Å². The van der Waals surface area contributed by atoms with Crippen molar-refractivity contribution in [3.05, 3.63) is 64.1 Å². The van der Waals surface area contributed by atoms with Gasteiger partial charge in [0, 0.05) is 16.8 Å². The third kappa shape index (κ3) is 4.44. The van der Waals surface area contributed by atoms with Gasteiger partial charge in [-0.3, -0.25) is 14.7 Å². The molecule has 3 rings (SSSR count). The molecule has 0 radical (unpaired) electrons. The number of thioether (sulfide) groups is 1. The Morgan fingerprint density at radius 3 is 2.76 bits per heavy atom. The van der Waals surface area contributed by atoms with Crippen LogP contribution < -0.4 is 4.74 Å². The standard InChI is InChI=1S/C19H19BrN2O2S/c1-2-24-17-6-4-3-5-16(17)18(23)22-12-11-21-19(22)25-13-14-7-9-15(20)10-8-14/h3-10H,2,11-13H2,1H3. The van der Waals surface area contributed by atoms with Crippen molar-refractivity contribution in [1.82, 2.24) is 4.90 Å². The Morgan fingerprint density at radius 2 is 2.00 bits per heavy atom. The molecule has 1 aliphatic rings. The molecule has 0 fully saturated rings. The number of halogens is 1. The molecule has 0 spiro atoms. The van der Waals surface area contributed by atoms with Gasteiger partial charge in [-0.1, -0.05) is 52.0 Å². The van der Waals surface area contributed by atoms with E-state index in [2.05, 4.69) is 33.1 Å². The molecule has 130 valence electrons. The predicted molar refractivity (Wildman–Crippen MR) is 106 cm³/mol. The maximum atomic E-state index is 13.0. The fourth-order valence-electron chi connectivity index (χ4n) is 2.54. The molecule has 1 amide bonds. The maximum Gasteiger partial charge on any atom is 0.263 e. The summed E-state index contributed by atoms with van der Waals surface area (Å²) in [5.41, 5.74) is 1.79. The van der Waals surface area contributed by atoms with Gasteiger partial charge in [0.2, 0.25) is 0 Å². The second-order valence-corrected chi connectivity index (χ2v) is 7.32. The highest BCUT2D eigenvalue weighted by atomic mass is 79.9. The summed E-state index contributed by atoms with van der Waals surface area (Å²) in [5, 5.41) is 0.777. The number of hydrogen-bond acceptors (Lipinski definition) is 4. The van der Waals surface area contributed by atoms with E-state index >= 15 is 0 Å². The molecule has 0 bridgehead atoms. The van der Waals surface area contributed by atoms with E-state index in [1.807, 2.05) is 43.3 Å². The van der Waals surface area contributed by atoms with Crippen LogP contribution in [0.3, 0.4) is 0 Å². The molecule has 4 nitrogen and oxygen atoms in total. The van der Waals surface area contributed by atoms with Crippen LogP contribution in [0.4, 0.5) is 0 Å². The summed E-state index contributed by atoms with van der Waals surface area (Å²) < 4.78 is 6.65. The summed E-state index contributed by atoms with van der Waals surface area (Å²) >= 11 is 5.03. The van der Waals surface area contributed by atoms with Gasteiger partial charge in [0.1, 0.15) is 5.75 Å². The molecule has 2 aromatic rings. The summed E-state index contributed by atoms with van der Waals surface area (Å²) in [6, 6.07) is 15.6. The number of amidine groups is 1. The lowest BCUT2D eigenvalue weighted by atomic mass is 10.2. The zero-order valence-corrected chi connectivity index (χ0v) is 16.3. The molecule has 6 heteroatoms. The minimum atomic E-state index is -0.0522. The van der Waals surface area contributed by atoms with Gasteiger partial charge in [0.15, 0.2) is 5.17 Å². The van der Waals surface area contributed by atoms with Crippen molar-refractivity contribution >= 4 is 38.8 Å². The van der Waals surface area contributed by atoms with Crippen molar-refractivity contribution in [1.29, 1.82) is 0 Å². The summed E-state index contributed by atoms with van der Waals surface area (Å²) in [6.07, 6.45) is 0. The van der Waals surface area contributed by atoms with Crippen LogP contribution in [-0.2, 0) is 5.75 Å². The van der Waals surface area contributed by atoms with E-state index in [0.717, 1.165) is 15.4 Å². The number of carbonyl (C=O) groups is 1. The summed E-state index contributed by atoms with van der Waals surface area (Å²) in [4.78, 5) is 19.2. The van der Waals surface area contributed by atoms with Gasteiger partial charge in [-0.25, -0.2) is 0 Å². The Kier molecular flexibility index (Phi) is 6.15. The highest BCUT2D eigenvalue weighted by Crippen LogP contribution is 2.25. The molecular formula is C19H19BrN2O2S. The molecule has 25 heavy (non-hydrogen) atoms. The number of para-hydroxylation sites is 1. The SMILES string of the molecule is CCOc1ccccc1C(=O)N1CCN=C1SCc1ccc(Br)cc1. The molecule has 1 heterocycles. The minimum absolute atomic E-state index is 0.0522. The Hall–Kier alpha value is -1.79. The number of benzene rings is 2. The van der Waals surface area contributed by atoms with Crippen LogP contribution in [0.5, 0.6) is 5.75 Å². The van der Waals surface area contributed by atoms with Crippen molar-refractivity contribution in [2.24, 2.45) is 4.99 Å². The van der Waals surface area contributed by atoms with Gasteiger partial charge in [0.25, 0.3) is 5.91 Å². The fourth-order valence-corrected chi connectivity index (χ4v) is 3.80. The predicted octanol–water partition coefficient (Wildman–Crippen LogP) is 4.59. The van der Waals surface area contributed by atoms with Crippen LogP contribution in [-0.4, -0.2) is 35.7 Å². The zero-order valence-electron chi connectivity index (χ0n) is 13.9. The van der Waals surface area contributed by atoms with Crippen molar-refractivity contribution in [2.75, 3.05) is 19.7 Å². The lowest BCUT2D eigenvalue weighted by Crippen LogP contribution is -2.33. The first-order valence-electron chi connectivity index (χ1n) is 8.14. The normalized spacial score (nSPS) is 13.7. The first kappa shape index (κ1) is 18.0. The van der Waals surface area contributed by atoms with Crippen molar-refractivity contribution < 1.29 is 9.53 Å². The second kappa shape index (κ2) is 8.54. The highest BCUT2D eigenvalue weighted by Gasteiger charge is 2.27. The summed E-state index contributed by atoms with van der Waals surface area (Å²) in [7, 11) is 0. The van der Waals surface area contributed by atoms with E-state index in [-0.39, 0.29) is 5.91 Å². The number of rotatable bonds is 5. The quantitative estimate of drug-likeness (QED) is 0.712. The number of carbonyl (C=O) groups excluding carboxylic acids is 1. The molecule has 1 aliphatic heterocycles. The molecule has 0 aliphatic carbocycles. The Bertz CT molecular complexity index is 777. The van der Waals surface area contributed by atoms with E-state index in [0.29, 0.717) is 31.0 Å². The number of hydrogen-bond donors (Lipinski definition) is 0. The summed E-state index contributed by atoms with van der Waals surface area (Å²) in [6.45, 7) is 3.70. The first-order chi connectivity index (χ1) is 12.2. The fraction of sp³-hybridized carbons (Fsp3) is 0.263. The lowest BCUT2D eigenvalue weighted by Gasteiger charge is -2.19. The van der Waals surface area contributed by atoms with Crippen LogP contribution in [0.2, 0.25) is 0 Å². The molecule has 0 saturated carbocycles. The monoisotopic (exact) mass is 418 g/mol. The smallest absolute Gasteiger partial charge is 0.263 e. The average Bonchev–Trinajstić information content (AvgIpc) is 3.10. The van der Waals surface area contributed by atoms with Crippen molar-refractivity contribution in [2.45, 2.75) is 12.7 Å². The van der Waals surface area contributed by atoms with Gasteiger partial charge in [-0.05, 0) is 36.8 Å². The van der Waals surface area contributed by atoms with Gasteiger partial charge >= 0.3 is 0 Å². The van der Waals surface area contributed by atoms with Crippen LogP contribution >= 0.6 is 27.7 Å². The molecule has 0 aromatic heterocycles. The Morgan fingerprint density at radius 1 is 1.24 bits per heavy atom. The first-order valence-corrected chi connectivity index (χ1v) is 9.92. The second-order valence-electron chi connectivity index (χ2n) is 5.47. The Balaban J connectivity index is 1.70. The average molecular weight is 419 g/mol. The minimum Gasteiger partial charge on any atom is -0.493 e. The summed E-state index contributed by atoms with van der Waals surface area (Å²) in [5.74, 6) is 1.35. The topological polar surface area (TPSA) is 41.9 Å². The third-order valence-corrected chi connectivity index (χ3v) is 5.36. The third-order valence-electron chi connectivity index (χ3n) is 3.75. The van der Waals surface area contributed by atoms with Crippen LogP contribution in [0.25, 0.3) is 0 Å². The number of aliphatic imine (C=N–C) groups is 1. The maximum absolute atomic E-state index is 13.0. The molecule has 0 atom stereocenters. The largest absolute Gasteiger partial charge is 0.493 e. The molecular weight excluding hydrogens is 400 g/mol. The van der Waals surface area contributed by atoms with E-state index in [4.69, 9.17) is 4.74 Å². The molecule has 0 unspecified atom stereocenters. The van der Waals surface area contributed by atoms with Crippen molar-refractivity contribution in [3.63, 3.8) is 0 Å². The van der Waals surface area contributed by atoms with E-state index < -0.39 is 0 Å².